The molecule has 0 radical (unpaired) electrons. The minimum atomic E-state index is -0.363. The monoisotopic (exact) mass is 271 g/mol. The van der Waals surface area contributed by atoms with Crippen molar-refractivity contribution in [3.05, 3.63) is 49.7 Å². The summed E-state index contributed by atoms with van der Waals surface area (Å²) in [6.07, 6.45) is 0.799. The minimum absolute atomic E-state index is 0.319. The Bertz CT molecular complexity index is 827. The van der Waals surface area contributed by atoms with E-state index in [-0.39, 0.29) is 11.4 Å². The molecule has 102 valence electrons. The Balaban J connectivity index is 2.32. The smallest absolute Gasteiger partial charge is 0.246 e. The molecule has 0 amide bonds. The van der Waals surface area contributed by atoms with Crippen LogP contribution < -0.4 is 11.4 Å². The van der Waals surface area contributed by atoms with Crippen molar-refractivity contribution in [2.45, 2.75) is 33.4 Å². The van der Waals surface area contributed by atoms with Gasteiger partial charge < -0.3 is 0 Å². The maximum absolute atomic E-state index is 12.3. The van der Waals surface area contributed by atoms with Crippen molar-refractivity contribution in [2.24, 2.45) is 0 Å². The number of nitrogens with zero attached hydrogens (tertiary/aromatic N) is 5. The molecular weight excluding hydrogens is 258 g/mol. The van der Waals surface area contributed by atoms with Crippen molar-refractivity contribution in [3.63, 3.8) is 0 Å². The number of aromatic nitrogens is 4. The zero-order chi connectivity index (χ0) is 14.4. The lowest BCUT2D eigenvalue weighted by atomic mass is 10.2. The normalized spacial score (nSPS) is 13.2. The maximum Gasteiger partial charge on any atom is 0.353 e. The first-order valence-electron chi connectivity index (χ1n) is 6.33. The van der Waals surface area contributed by atoms with E-state index in [1.165, 1.54) is 9.36 Å². The van der Waals surface area contributed by atoms with Crippen molar-refractivity contribution >= 4 is 5.69 Å². The first kappa shape index (κ1) is 12.4. The first-order chi connectivity index (χ1) is 9.54. The van der Waals surface area contributed by atoms with Gasteiger partial charge in [0.15, 0.2) is 0 Å². The topological polar surface area (TPSA) is 66.2 Å². The van der Waals surface area contributed by atoms with Crippen molar-refractivity contribution in [3.8, 4) is 5.82 Å². The number of fused-ring (bicyclic) bond motifs is 1. The van der Waals surface area contributed by atoms with Crippen LogP contribution in [0.1, 0.15) is 17.7 Å². The zero-order valence-corrected chi connectivity index (χ0v) is 11.3. The molecule has 0 atom stereocenters. The summed E-state index contributed by atoms with van der Waals surface area (Å²) >= 11 is 0. The molecule has 0 spiro atoms. The summed E-state index contributed by atoms with van der Waals surface area (Å²) in [4.78, 5) is 32.3. The van der Waals surface area contributed by atoms with E-state index in [0.29, 0.717) is 35.9 Å². The predicted octanol–water partition coefficient (Wildman–Crippen LogP) is 0.767. The van der Waals surface area contributed by atoms with Gasteiger partial charge in [-0.3, -0.25) is 0 Å². The predicted molar refractivity (Wildman–Crippen MR) is 72.4 cm³/mol. The third kappa shape index (κ3) is 1.54. The number of hydrogen-bond acceptors (Lipinski definition) is 3. The SMILES string of the molecule is [C-]#[N+]c1cc(C)c(-n2c(=O)n3n(c2=O)CCC3)nc1C. The molecule has 1 aliphatic rings. The lowest BCUT2D eigenvalue weighted by molar-refractivity contribution is 0.580. The standard InChI is InChI=1S/C13H13N5O2/c1-8-7-10(14-3)9(2)15-11(8)18-12(19)16-5-4-6-17(16)13(18)20/h7H,4-6H2,1-2H3. The van der Waals surface area contributed by atoms with E-state index in [4.69, 9.17) is 6.57 Å². The Morgan fingerprint density at radius 3 is 2.35 bits per heavy atom. The number of hydrogen-bond donors (Lipinski definition) is 0. The summed E-state index contributed by atoms with van der Waals surface area (Å²) in [5.74, 6) is 0.319. The van der Waals surface area contributed by atoms with Crippen LogP contribution in [-0.2, 0) is 13.1 Å². The van der Waals surface area contributed by atoms with Gasteiger partial charge in [-0.1, -0.05) is 0 Å². The highest BCUT2D eigenvalue weighted by molar-refractivity contribution is 5.54. The van der Waals surface area contributed by atoms with Gasteiger partial charge in [0.2, 0.25) is 5.69 Å². The Kier molecular flexibility index (Phi) is 2.61. The molecule has 0 saturated carbocycles. The molecule has 0 saturated heterocycles. The molecule has 0 unspecified atom stereocenters. The van der Waals surface area contributed by atoms with Gasteiger partial charge in [-0.05, 0) is 31.9 Å². The average Bonchev–Trinajstić information content (AvgIpc) is 2.98. The largest absolute Gasteiger partial charge is 0.353 e. The second-order valence-electron chi connectivity index (χ2n) is 4.85. The second-order valence-corrected chi connectivity index (χ2v) is 4.85. The highest BCUT2D eigenvalue weighted by Crippen LogP contribution is 2.21. The third-order valence-corrected chi connectivity index (χ3v) is 3.54. The van der Waals surface area contributed by atoms with E-state index in [1.807, 2.05) is 0 Å². The molecule has 3 rings (SSSR count). The van der Waals surface area contributed by atoms with Gasteiger partial charge in [0, 0.05) is 18.8 Å². The van der Waals surface area contributed by atoms with Gasteiger partial charge in [0.25, 0.3) is 0 Å². The van der Waals surface area contributed by atoms with E-state index in [0.717, 1.165) is 11.0 Å². The molecule has 2 aromatic rings. The Morgan fingerprint density at radius 1 is 1.20 bits per heavy atom. The van der Waals surface area contributed by atoms with Crippen molar-refractivity contribution in [1.29, 1.82) is 0 Å². The van der Waals surface area contributed by atoms with E-state index >= 15 is 0 Å². The van der Waals surface area contributed by atoms with Gasteiger partial charge in [-0.2, -0.15) is 4.57 Å². The van der Waals surface area contributed by atoms with Crippen LogP contribution in [0.4, 0.5) is 5.69 Å². The van der Waals surface area contributed by atoms with Gasteiger partial charge in [-0.25, -0.2) is 28.8 Å². The van der Waals surface area contributed by atoms with Gasteiger partial charge in [0.05, 0.1) is 6.57 Å². The van der Waals surface area contributed by atoms with Crippen LogP contribution in [0.25, 0.3) is 10.7 Å². The van der Waals surface area contributed by atoms with Crippen molar-refractivity contribution in [1.82, 2.24) is 18.9 Å². The fourth-order valence-corrected chi connectivity index (χ4v) is 2.52. The summed E-state index contributed by atoms with van der Waals surface area (Å²) in [6.45, 7) is 11.6. The summed E-state index contributed by atoms with van der Waals surface area (Å²) in [5, 5.41) is 0. The third-order valence-electron chi connectivity index (χ3n) is 3.54. The van der Waals surface area contributed by atoms with E-state index in [9.17, 15) is 9.59 Å². The fourth-order valence-electron chi connectivity index (χ4n) is 2.52. The molecule has 20 heavy (non-hydrogen) atoms. The highest BCUT2D eigenvalue weighted by atomic mass is 16.2. The molecule has 7 heteroatoms. The maximum atomic E-state index is 12.3. The van der Waals surface area contributed by atoms with Crippen molar-refractivity contribution in [2.75, 3.05) is 0 Å². The molecule has 0 bridgehead atoms. The van der Waals surface area contributed by atoms with Crippen LogP contribution in [-0.4, -0.2) is 18.9 Å². The van der Waals surface area contributed by atoms with Crippen LogP contribution >= 0.6 is 0 Å². The van der Waals surface area contributed by atoms with Crippen LogP contribution in [0.15, 0.2) is 15.7 Å². The van der Waals surface area contributed by atoms with Crippen LogP contribution in [0.5, 0.6) is 0 Å². The van der Waals surface area contributed by atoms with Crippen LogP contribution in [0, 0.1) is 20.4 Å². The molecule has 0 N–H and O–H groups in total. The van der Waals surface area contributed by atoms with E-state index in [2.05, 4.69) is 9.83 Å². The summed E-state index contributed by atoms with van der Waals surface area (Å²) in [7, 11) is 0. The van der Waals surface area contributed by atoms with Crippen LogP contribution in [0.3, 0.4) is 0 Å². The van der Waals surface area contributed by atoms with E-state index < -0.39 is 0 Å². The number of rotatable bonds is 1. The average molecular weight is 271 g/mol. The van der Waals surface area contributed by atoms with Gasteiger partial charge in [-0.15, -0.1) is 0 Å². The summed E-state index contributed by atoms with van der Waals surface area (Å²) in [6, 6.07) is 1.66. The Morgan fingerprint density at radius 2 is 1.80 bits per heavy atom. The molecule has 0 aromatic carbocycles. The molecule has 3 heterocycles. The summed E-state index contributed by atoms with van der Waals surface area (Å²) in [5.41, 5.74) is 0.871. The quantitative estimate of drug-likeness (QED) is 0.719. The molecule has 1 aliphatic heterocycles. The highest BCUT2D eigenvalue weighted by Gasteiger charge is 2.22. The molecule has 7 nitrogen and oxygen atoms in total. The van der Waals surface area contributed by atoms with Gasteiger partial charge in [0.1, 0.15) is 5.82 Å². The fraction of sp³-hybridized carbons (Fsp3) is 0.385. The molecular formula is C13H13N5O2. The minimum Gasteiger partial charge on any atom is -0.246 e. The lowest BCUT2D eigenvalue weighted by Gasteiger charge is -2.06. The van der Waals surface area contributed by atoms with E-state index in [1.54, 1.807) is 19.9 Å². The van der Waals surface area contributed by atoms with Crippen LogP contribution in [0.2, 0.25) is 0 Å². The second kappa shape index (κ2) is 4.20. The van der Waals surface area contributed by atoms with Crippen molar-refractivity contribution < 1.29 is 0 Å². The first-order valence-corrected chi connectivity index (χ1v) is 6.33. The Labute approximate surface area is 114 Å². The summed E-state index contributed by atoms with van der Waals surface area (Å²) < 4.78 is 3.98. The number of pyridine rings is 1. The van der Waals surface area contributed by atoms with Gasteiger partial charge >= 0.3 is 11.4 Å². The number of aryl methyl sites for hydroxylation is 2. The zero-order valence-electron chi connectivity index (χ0n) is 11.3. The lowest BCUT2D eigenvalue weighted by Crippen LogP contribution is -2.30. The molecule has 0 aliphatic carbocycles. The molecule has 2 aromatic heterocycles. The molecule has 0 fully saturated rings. The Hall–Kier alpha value is -2.62.